The Hall–Kier alpha value is -1.14. The number of halogens is 2. The fraction of sp³-hybridized carbons (Fsp3) is 0.333. The SMILES string of the molecule is C[C@H](CO)NCc1cn(-c2ccc(Cl)c(Cl)c2)nn1. The van der Waals surface area contributed by atoms with Crippen molar-refractivity contribution in [3.8, 4) is 5.69 Å². The van der Waals surface area contributed by atoms with E-state index in [0.29, 0.717) is 16.6 Å². The highest BCUT2D eigenvalue weighted by Crippen LogP contribution is 2.24. The highest BCUT2D eigenvalue weighted by Gasteiger charge is 2.06. The van der Waals surface area contributed by atoms with Crippen LogP contribution in [-0.2, 0) is 6.54 Å². The summed E-state index contributed by atoms with van der Waals surface area (Å²) in [7, 11) is 0. The molecule has 0 saturated carbocycles. The number of aromatic nitrogens is 3. The average Bonchev–Trinajstić information content (AvgIpc) is 2.88. The molecule has 1 atom stereocenters. The molecule has 0 spiro atoms. The Labute approximate surface area is 121 Å². The quantitative estimate of drug-likeness (QED) is 0.887. The minimum Gasteiger partial charge on any atom is -0.395 e. The predicted molar refractivity (Wildman–Crippen MR) is 74.8 cm³/mol. The van der Waals surface area contributed by atoms with Crippen LogP contribution in [0, 0.1) is 0 Å². The lowest BCUT2D eigenvalue weighted by molar-refractivity contribution is 0.250. The maximum absolute atomic E-state index is 8.92. The molecule has 1 heterocycles. The molecule has 0 saturated heterocycles. The molecule has 0 unspecified atom stereocenters. The van der Waals surface area contributed by atoms with Gasteiger partial charge in [-0.2, -0.15) is 0 Å². The van der Waals surface area contributed by atoms with Crippen molar-refractivity contribution < 1.29 is 5.11 Å². The normalized spacial score (nSPS) is 12.6. The van der Waals surface area contributed by atoms with Crippen LogP contribution in [0.5, 0.6) is 0 Å². The molecular weight excluding hydrogens is 287 g/mol. The van der Waals surface area contributed by atoms with E-state index in [1.54, 1.807) is 23.0 Å². The molecule has 7 heteroatoms. The largest absolute Gasteiger partial charge is 0.395 e. The molecule has 0 aliphatic rings. The third-order valence-corrected chi connectivity index (χ3v) is 3.35. The minimum atomic E-state index is 0.0233. The summed E-state index contributed by atoms with van der Waals surface area (Å²) in [4.78, 5) is 0. The van der Waals surface area contributed by atoms with E-state index in [1.165, 1.54) is 0 Å². The van der Waals surface area contributed by atoms with Gasteiger partial charge in [0.05, 0.1) is 34.2 Å². The zero-order valence-electron chi connectivity index (χ0n) is 10.3. The molecule has 0 fully saturated rings. The van der Waals surface area contributed by atoms with Crippen molar-refractivity contribution in [2.24, 2.45) is 0 Å². The Morgan fingerprint density at radius 2 is 2.16 bits per heavy atom. The molecule has 0 amide bonds. The molecule has 0 radical (unpaired) electrons. The van der Waals surface area contributed by atoms with Crippen molar-refractivity contribution in [3.05, 3.63) is 40.1 Å². The smallest absolute Gasteiger partial charge is 0.0969 e. The lowest BCUT2D eigenvalue weighted by Crippen LogP contribution is -2.28. The molecule has 102 valence electrons. The number of rotatable bonds is 5. The van der Waals surface area contributed by atoms with Crippen LogP contribution in [0.15, 0.2) is 24.4 Å². The van der Waals surface area contributed by atoms with Crippen LogP contribution < -0.4 is 5.32 Å². The van der Waals surface area contributed by atoms with Crippen LogP contribution in [0.4, 0.5) is 0 Å². The van der Waals surface area contributed by atoms with Gasteiger partial charge >= 0.3 is 0 Å². The Morgan fingerprint density at radius 1 is 1.37 bits per heavy atom. The van der Waals surface area contributed by atoms with Gasteiger partial charge in [-0.05, 0) is 25.1 Å². The summed E-state index contributed by atoms with van der Waals surface area (Å²) in [5.41, 5.74) is 1.58. The molecule has 2 aromatic rings. The van der Waals surface area contributed by atoms with Crippen molar-refractivity contribution in [3.63, 3.8) is 0 Å². The second-order valence-electron chi connectivity index (χ2n) is 4.22. The van der Waals surface area contributed by atoms with Crippen LogP contribution in [0.25, 0.3) is 5.69 Å². The molecule has 5 nitrogen and oxygen atoms in total. The van der Waals surface area contributed by atoms with Gasteiger partial charge in [0.1, 0.15) is 0 Å². The number of hydrogen-bond donors (Lipinski definition) is 2. The fourth-order valence-corrected chi connectivity index (χ4v) is 1.77. The van der Waals surface area contributed by atoms with E-state index >= 15 is 0 Å². The Kier molecular flexibility index (Phi) is 4.76. The highest BCUT2D eigenvalue weighted by molar-refractivity contribution is 6.42. The van der Waals surface area contributed by atoms with Gasteiger partial charge in [-0.15, -0.1) is 5.10 Å². The predicted octanol–water partition coefficient (Wildman–Crippen LogP) is 2.04. The van der Waals surface area contributed by atoms with E-state index in [9.17, 15) is 0 Å². The van der Waals surface area contributed by atoms with Gasteiger partial charge in [0.2, 0.25) is 0 Å². The van der Waals surface area contributed by atoms with Gasteiger partial charge in [0, 0.05) is 12.6 Å². The number of nitrogens with zero attached hydrogens (tertiary/aromatic N) is 3. The zero-order valence-corrected chi connectivity index (χ0v) is 11.9. The molecular formula is C12H14Cl2N4O. The van der Waals surface area contributed by atoms with Gasteiger partial charge in [-0.25, -0.2) is 4.68 Å². The molecule has 19 heavy (non-hydrogen) atoms. The molecule has 1 aromatic heterocycles. The Bertz CT molecular complexity index is 558. The maximum Gasteiger partial charge on any atom is 0.0969 e. The number of aliphatic hydroxyl groups excluding tert-OH is 1. The summed E-state index contributed by atoms with van der Waals surface area (Å²) < 4.78 is 1.63. The summed E-state index contributed by atoms with van der Waals surface area (Å²) in [6.07, 6.45) is 1.80. The second-order valence-corrected chi connectivity index (χ2v) is 5.03. The summed E-state index contributed by atoms with van der Waals surface area (Å²) >= 11 is 11.8. The molecule has 1 aromatic carbocycles. The third kappa shape index (κ3) is 3.67. The van der Waals surface area contributed by atoms with Crippen molar-refractivity contribution in [2.45, 2.75) is 19.5 Å². The molecule has 0 aliphatic carbocycles. The van der Waals surface area contributed by atoms with E-state index < -0.39 is 0 Å². The van der Waals surface area contributed by atoms with Crippen molar-refractivity contribution >= 4 is 23.2 Å². The van der Waals surface area contributed by atoms with Crippen molar-refractivity contribution in [1.29, 1.82) is 0 Å². The first-order valence-electron chi connectivity index (χ1n) is 5.81. The number of aliphatic hydroxyl groups is 1. The van der Waals surface area contributed by atoms with Crippen LogP contribution in [0.3, 0.4) is 0 Å². The third-order valence-electron chi connectivity index (χ3n) is 2.61. The van der Waals surface area contributed by atoms with Gasteiger partial charge in [-0.3, -0.25) is 0 Å². The van der Waals surface area contributed by atoms with Gasteiger partial charge in [0.15, 0.2) is 0 Å². The lowest BCUT2D eigenvalue weighted by Gasteiger charge is -2.07. The van der Waals surface area contributed by atoms with Crippen molar-refractivity contribution in [1.82, 2.24) is 20.3 Å². The Morgan fingerprint density at radius 3 is 2.84 bits per heavy atom. The van der Waals surface area contributed by atoms with E-state index in [1.807, 2.05) is 13.0 Å². The number of nitrogens with one attached hydrogen (secondary N) is 1. The standard InChI is InChI=1S/C12H14Cl2N4O/c1-8(7-19)15-5-9-6-18(17-16-9)10-2-3-11(13)12(14)4-10/h2-4,6,8,15,19H,5,7H2,1H3/t8-/m1/s1. The summed E-state index contributed by atoms with van der Waals surface area (Å²) in [6, 6.07) is 5.28. The zero-order chi connectivity index (χ0) is 13.8. The number of benzene rings is 1. The van der Waals surface area contributed by atoms with E-state index in [-0.39, 0.29) is 12.6 Å². The first-order valence-corrected chi connectivity index (χ1v) is 6.56. The first kappa shape index (κ1) is 14.3. The van der Waals surface area contributed by atoms with Crippen LogP contribution >= 0.6 is 23.2 Å². The maximum atomic E-state index is 8.92. The molecule has 0 aliphatic heterocycles. The summed E-state index contributed by atoms with van der Waals surface area (Å²) in [5.74, 6) is 0. The molecule has 0 bridgehead atoms. The fourth-order valence-electron chi connectivity index (χ4n) is 1.48. The summed E-state index contributed by atoms with van der Waals surface area (Å²) in [6.45, 7) is 2.52. The van der Waals surface area contributed by atoms with E-state index in [0.717, 1.165) is 11.4 Å². The van der Waals surface area contributed by atoms with E-state index in [2.05, 4.69) is 15.6 Å². The van der Waals surface area contributed by atoms with Crippen molar-refractivity contribution in [2.75, 3.05) is 6.61 Å². The number of hydrogen-bond acceptors (Lipinski definition) is 4. The van der Waals surface area contributed by atoms with E-state index in [4.69, 9.17) is 28.3 Å². The highest BCUT2D eigenvalue weighted by atomic mass is 35.5. The van der Waals surface area contributed by atoms with Crippen LogP contribution in [0.1, 0.15) is 12.6 Å². The van der Waals surface area contributed by atoms with Gasteiger partial charge in [0.25, 0.3) is 0 Å². The summed E-state index contributed by atoms with van der Waals surface area (Å²) in [5, 5.41) is 21.1. The lowest BCUT2D eigenvalue weighted by atomic mass is 10.3. The second kappa shape index (κ2) is 6.34. The van der Waals surface area contributed by atoms with Crippen LogP contribution in [-0.4, -0.2) is 32.7 Å². The Balaban J connectivity index is 2.09. The first-order chi connectivity index (χ1) is 9.10. The van der Waals surface area contributed by atoms with Gasteiger partial charge < -0.3 is 10.4 Å². The van der Waals surface area contributed by atoms with Gasteiger partial charge in [-0.1, -0.05) is 28.4 Å². The monoisotopic (exact) mass is 300 g/mol. The van der Waals surface area contributed by atoms with Crippen LogP contribution in [0.2, 0.25) is 10.0 Å². The minimum absolute atomic E-state index is 0.0233. The topological polar surface area (TPSA) is 63.0 Å². The molecule has 2 N–H and O–H groups in total. The average molecular weight is 301 g/mol. The molecule has 2 rings (SSSR count).